The van der Waals surface area contributed by atoms with Gasteiger partial charge in [-0.2, -0.15) is 0 Å². The summed E-state index contributed by atoms with van der Waals surface area (Å²) in [6.07, 6.45) is 0.459. The number of halogens is 1. The van der Waals surface area contributed by atoms with Gasteiger partial charge in [-0.15, -0.1) is 0 Å². The summed E-state index contributed by atoms with van der Waals surface area (Å²) in [4.78, 5) is 14.9. The molecule has 2 heterocycles. The van der Waals surface area contributed by atoms with Gasteiger partial charge in [0.25, 0.3) is 5.91 Å². The number of hydrogen-bond donors (Lipinski definition) is 0. The Morgan fingerprint density at radius 3 is 2.85 bits per heavy atom. The number of carbonyl (C=O) groups is 1. The molecular formula is C15H18BrNO3. The third-order valence-electron chi connectivity index (χ3n) is 3.90. The third-order valence-corrected chi connectivity index (χ3v) is 5.26. The second kappa shape index (κ2) is 5.64. The number of rotatable bonds is 1. The smallest absolute Gasteiger partial charge is 0.267 e. The maximum atomic E-state index is 12.5. The number of likely N-dealkylation sites (tertiary alicyclic amines) is 1. The highest BCUT2D eigenvalue weighted by Gasteiger charge is 2.34. The van der Waals surface area contributed by atoms with Gasteiger partial charge in [0.2, 0.25) is 6.10 Å². The van der Waals surface area contributed by atoms with Crippen molar-refractivity contribution in [3.05, 3.63) is 24.3 Å². The van der Waals surface area contributed by atoms with Crippen LogP contribution in [0.25, 0.3) is 0 Å². The van der Waals surface area contributed by atoms with Gasteiger partial charge in [-0.25, -0.2) is 0 Å². The minimum atomic E-state index is -0.524. The molecule has 0 bridgehead atoms. The third kappa shape index (κ3) is 2.64. The average molecular weight is 340 g/mol. The first-order valence-electron chi connectivity index (χ1n) is 6.96. The number of hydrogen-bond acceptors (Lipinski definition) is 3. The molecule has 3 rings (SSSR count). The van der Waals surface area contributed by atoms with Gasteiger partial charge >= 0.3 is 0 Å². The maximum Gasteiger partial charge on any atom is 0.267 e. The van der Waals surface area contributed by atoms with Gasteiger partial charge < -0.3 is 14.4 Å². The number of amides is 1. The van der Waals surface area contributed by atoms with Crippen LogP contribution in [0.5, 0.6) is 11.5 Å². The highest BCUT2D eigenvalue weighted by atomic mass is 79.9. The van der Waals surface area contributed by atoms with Crippen LogP contribution in [0.2, 0.25) is 0 Å². The van der Waals surface area contributed by atoms with E-state index in [0.29, 0.717) is 28.9 Å². The largest absolute Gasteiger partial charge is 0.485 e. The predicted octanol–water partition coefficient (Wildman–Crippen LogP) is 2.46. The monoisotopic (exact) mass is 339 g/mol. The molecule has 0 spiro atoms. The molecule has 3 unspecified atom stereocenters. The van der Waals surface area contributed by atoms with Crippen molar-refractivity contribution >= 4 is 21.8 Å². The van der Waals surface area contributed by atoms with Gasteiger partial charge in [-0.3, -0.25) is 4.79 Å². The van der Waals surface area contributed by atoms with Crippen LogP contribution in [0.4, 0.5) is 0 Å². The first kappa shape index (κ1) is 13.7. The second-order valence-electron chi connectivity index (χ2n) is 5.43. The fourth-order valence-electron chi connectivity index (χ4n) is 2.66. The molecule has 108 valence electrons. The predicted molar refractivity (Wildman–Crippen MR) is 79.4 cm³/mol. The molecule has 5 heteroatoms. The van der Waals surface area contributed by atoms with Gasteiger partial charge in [0.05, 0.1) is 0 Å². The minimum absolute atomic E-state index is 0.0331. The number of nitrogens with zero attached hydrogens (tertiary/aromatic N) is 1. The number of fused-ring (bicyclic) bond motifs is 1. The van der Waals surface area contributed by atoms with Crippen LogP contribution in [0.15, 0.2) is 24.3 Å². The highest BCUT2D eigenvalue weighted by molar-refractivity contribution is 9.09. The molecule has 3 atom stereocenters. The molecule has 20 heavy (non-hydrogen) atoms. The summed E-state index contributed by atoms with van der Waals surface area (Å²) in [5.74, 6) is 1.86. The summed E-state index contributed by atoms with van der Waals surface area (Å²) in [5.41, 5.74) is 0. The Morgan fingerprint density at radius 1 is 1.35 bits per heavy atom. The second-order valence-corrected chi connectivity index (χ2v) is 6.61. The van der Waals surface area contributed by atoms with Gasteiger partial charge in [0.1, 0.15) is 6.61 Å². The first-order chi connectivity index (χ1) is 9.65. The molecule has 0 saturated carbocycles. The topological polar surface area (TPSA) is 38.8 Å². The first-order valence-corrected chi connectivity index (χ1v) is 7.88. The van der Waals surface area contributed by atoms with Crippen LogP contribution < -0.4 is 9.47 Å². The van der Waals surface area contributed by atoms with Crippen molar-refractivity contribution in [1.29, 1.82) is 0 Å². The number of ether oxygens (including phenoxy) is 2. The van der Waals surface area contributed by atoms with Crippen molar-refractivity contribution < 1.29 is 14.3 Å². The van der Waals surface area contributed by atoms with E-state index in [9.17, 15) is 4.79 Å². The molecular weight excluding hydrogens is 322 g/mol. The highest BCUT2D eigenvalue weighted by Crippen LogP contribution is 2.32. The fraction of sp³-hybridized carbons (Fsp3) is 0.533. The zero-order valence-electron chi connectivity index (χ0n) is 11.4. The number of benzene rings is 1. The summed E-state index contributed by atoms with van der Waals surface area (Å²) in [7, 11) is 0. The average Bonchev–Trinajstić information content (AvgIpc) is 2.49. The van der Waals surface area contributed by atoms with E-state index in [0.717, 1.165) is 19.5 Å². The van der Waals surface area contributed by atoms with Crippen molar-refractivity contribution in [3.8, 4) is 11.5 Å². The van der Waals surface area contributed by atoms with Crippen LogP contribution >= 0.6 is 15.9 Å². The van der Waals surface area contributed by atoms with Crippen LogP contribution in [-0.2, 0) is 4.79 Å². The Hall–Kier alpha value is -1.23. The number of para-hydroxylation sites is 2. The lowest BCUT2D eigenvalue weighted by Gasteiger charge is -2.37. The lowest BCUT2D eigenvalue weighted by Crippen LogP contribution is -2.51. The Labute approximate surface area is 127 Å². The molecule has 0 aliphatic carbocycles. The molecule has 1 aromatic rings. The molecule has 1 amide bonds. The Kier molecular flexibility index (Phi) is 3.87. The van der Waals surface area contributed by atoms with Crippen molar-refractivity contribution in [3.63, 3.8) is 0 Å². The summed E-state index contributed by atoms with van der Waals surface area (Å²) >= 11 is 3.65. The summed E-state index contributed by atoms with van der Waals surface area (Å²) < 4.78 is 11.4. The van der Waals surface area contributed by atoms with Crippen LogP contribution in [-0.4, -0.2) is 41.4 Å². The van der Waals surface area contributed by atoms with Gasteiger partial charge in [0.15, 0.2) is 11.5 Å². The van der Waals surface area contributed by atoms with Gasteiger partial charge in [0, 0.05) is 17.9 Å². The molecule has 2 aliphatic heterocycles. The molecule has 0 aromatic heterocycles. The normalized spacial score (nSPS) is 29.1. The van der Waals surface area contributed by atoms with Gasteiger partial charge in [-0.05, 0) is 24.5 Å². The van der Waals surface area contributed by atoms with Crippen LogP contribution in [0.3, 0.4) is 0 Å². The Morgan fingerprint density at radius 2 is 2.10 bits per heavy atom. The fourth-order valence-corrected chi connectivity index (χ4v) is 3.03. The summed E-state index contributed by atoms with van der Waals surface area (Å²) in [5, 5.41) is 0. The van der Waals surface area contributed by atoms with E-state index in [2.05, 4.69) is 22.9 Å². The molecule has 1 fully saturated rings. The van der Waals surface area contributed by atoms with E-state index in [4.69, 9.17) is 9.47 Å². The van der Waals surface area contributed by atoms with E-state index in [1.165, 1.54) is 0 Å². The SMILES string of the molecule is CC1CN(C(=O)C2COc3ccccc3O2)CCC1Br. The molecule has 1 saturated heterocycles. The zero-order chi connectivity index (χ0) is 14.1. The molecule has 1 aromatic carbocycles. The van der Waals surface area contributed by atoms with Crippen molar-refractivity contribution in [2.24, 2.45) is 5.92 Å². The standard InChI is InChI=1S/C15H18BrNO3/c1-10-8-17(7-6-11(10)16)15(18)14-9-19-12-4-2-3-5-13(12)20-14/h2-5,10-11,14H,6-9H2,1H3. The van der Waals surface area contributed by atoms with Crippen molar-refractivity contribution in [1.82, 2.24) is 4.90 Å². The molecule has 4 nitrogen and oxygen atoms in total. The van der Waals surface area contributed by atoms with E-state index < -0.39 is 6.10 Å². The summed E-state index contributed by atoms with van der Waals surface area (Å²) in [6, 6.07) is 7.47. The van der Waals surface area contributed by atoms with E-state index in [-0.39, 0.29) is 5.91 Å². The number of carbonyl (C=O) groups excluding carboxylic acids is 1. The van der Waals surface area contributed by atoms with E-state index >= 15 is 0 Å². The lowest BCUT2D eigenvalue weighted by molar-refractivity contribution is -0.142. The molecule has 0 N–H and O–H groups in total. The number of piperidine rings is 1. The maximum absolute atomic E-state index is 12.5. The zero-order valence-corrected chi connectivity index (χ0v) is 13.0. The van der Waals surface area contributed by atoms with E-state index in [1.807, 2.05) is 29.2 Å². The molecule has 0 radical (unpaired) electrons. The van der Waals surface area contributed by atoms with Gasteiger partial charge in [-0.1, -0.05) is 35.0 Å². The van der Waals surface area contributed by atoms with Crippen molar-refractivity contribution in [2.45, 2.75) is 24.3 Å². The number of alkyl halides is 1. The summed E-state index contributed by atoms with van der Waals surface area (Å²) in [6.45, 7) is 4.00. The van der Waals surface area contributed by atoms with Crippen LogP contribution in [0, 0.1) is 5.92 Å². The quantitative estimate of drug-likeness (QED) is 0.738. The minimum Gasteiger partial charge on any atom is -0.485 e. The van der Waals surface area contributed by atoms with E-state index in [1.54, 1.807) is 0 Å². The van der Waals surface area contributed by atoms with Crippen molar-refractivity contribution in [2.75, 3.05) is 19.7 Å². The Balaban J connectivity index is 1.67. The lowest BCUT2D eigenvalue weighted by atomic mass is 9.99. The Bertz CT molecular complexity index is 508. The van der Waals surface area contributed by atoms with Crippen LogP contribution in [0.1, 0.15) is 13.3 Å². The molecule has 2 aliphatic rings.